The lowest BCUT2D eigenvalue weighted by Crippen LogP contribution is -2.40. The summed E-state index contributed by atoms with van der Waals surface area (Å²) < 4.78 is 8.46. The Bertz CT molecular complexity index is 966. The monoisotopic (exact) mass is 416 g/mol. The van der Waals surface area contributed by atoms with E-state index in [1.54, 1.807) is 14.0 Å². The first-order chi connectivity index (χ1) is 14.1. The SMILES string of the molecule is Cc1ccc(CC(C)/C(=N\c2c(C)c(=O)n(CCCO)c(=O)n2C)OC(C)C)cn1. The van der Waals surface area contributed by atoms with Crippen LogP contribution in [0.25, 0.3) is 0 Å². The van der Waals surface area contributed by atoms with E-state index in [0.717, 1.165) is 15.8 Å². The van der Waals surface area contributed by atoms with Crippen molar-refractivity contribution in [2.24, 2.45) is 18.0 Å². The molecule has 0 aliphatic rings. The number of ether oxygens (including phenoxy) is 1. The number of hydrogen-bond acceptors (Lipinski definition) is 6. The maximum absolute atomic E-state index is 12.7. The van der Waals surface area contributed by atoms with Gasteiger partial charge < -0.3 is 9.84 Å². The molecule has 0 bridgehead atoms. The summed E-state index contributed by atoms with van der Waals surface area (Å²) in [6.45, 7) is 9.48. The molecule has 8 nitrogen and oxygen atoms in total. The number of aryl methyl sites for hydroxylation is 1. The molecule has 2 heterocycles. The Morgan fingerprint density at radius 1 is 1.23 bits per heavy atom. The van der Waals surface area contributed by atoms with Gasteiger partial charge in [0.15, 0.2) is 5.90 Å². The topological polar surface area (TPSA) is 98.7 Å². The maximum Gasteiger partial charge on any atom is 0.332 e. The molecular formula is C22H32N4O4. The van der Waals surface area contributed by atoms with Crippen molar-refractivity contribution in [2.75, 3.05) is 6.61 Å². The number of aliphatic hydroxyl groups excluding tert-OH is 1. The number of nitrogens with zero attached hydrogens (tertiary/aromatic N) is 4. The van der Waals surface area contributed by atoms with Crippen molar-refractivity contribution >= 4 is 11.7 Å². The molecular weight excluding hydrogens is 384 g/mol. The van der Waals surface area contributed by atoms with Crippen molar-refractivity contribution in [2.45, 2.75) is 60.1 Å². The molecule has 0 aliphatic carbocycles. The molecule has 0 fully saturated rings. The average molecular weight is 417 g/mol. The highest BCUT2D eigenvalue weighted by Crippen LogP contribution is 2.18. The number of aliphatic hydroxyl groups is 1. The first-order valence-electron chi connectivity index (χ1n) is 10.2. The quantitative estimate of drug-likeness (QED) is 0.526. The second-order valence-corrected chi connectivity index (χ2v) is 7.85. The Hall–Kier alpha value is -2.74. The van der Waals surface area contributed by atoms with Gasteiger partial charge in [-0.25, -0.2) is 4.79 Å². The molecule has 8 heteroatoms. The minimum absolute atomic E-state index is 0.0803. The van der Waals surface area contributed by atoms with E-state index >= 15 is 0 Å². The van der Waals surface area contributed by atoms with E-state index in [0.29, 0.717) is 24.3 Å². The number of hydrogen-bond donors (Lipinski definition) is 1. The standard InChI is InChI=1S/C22H32N4O4/c1-14(2)30-20(15(3)12-18-9-8-16(4)23-13-18)24-19-17(5)21(28)26(10-7-11-27)22(29)25(19)6/h8-9,13-15,27H,7,10-12H2,1-6H3/b24-20+. The predicted molar refractivity (Wildman–Crippen MR) is 118 cm³/mol. The van der Waals surface area contributed by atoms with Gasteiger partial charge in [0, 0.05) is 38.0 Å². The van der Waals surface area contributed by atoms with Crippen molar-refractivity contribution in [1.82, 2.24) is 14.1 Å². The Kier molecular flexibility index (Phi) is 8.11. The zero-order valence-electron chi connectivity index (χ0n) is 18.7. The van der Waals surface area contributed by atoms with Crippen molar-refractivity contribution in [3.05, 3.63) is 56.0 Å². The zero-order valence-corrected chi connectivity index (χ0v) is 18.7. The summed E-state index contributed by atoms with van der Waals surface area (Å²) in [6, 6.07) is 3.98. The van der Waals surface area contributed by atoms with E-state index in [9.17, 15) is 9.59 Å². The number of pyridine rings is 1. The van der Waals surface area contributed by atoms with Crippen LogP contribution in [0.15, 0.2) is 32.9 Å². The first kappa shape index (κ1) is 23.5. The Labute approximate surface area is 176 Å². The molecule has 0 aliphatic heterocycles. The molecule has 0 amide bonds. The van der Waals surface area contributed by atoms with Crippen LogP contribution in [0.3, 0.4) is 0 Å². The van der Waals surface area contributed by atoms with Crippen LogP contribution in [0.5, 0.6) is 0 Å². The van der Waals surface area contributed by atoms with Gasteiger partial charge in [0.2, 0.25) is 0 Å². The summed E-state index contributed by atoms with van der Waals surface area (Å²) in [5.41, 5.74) is 1.51. The van der Waals surface area contributed by atoms with Crippen molar-refractivity contribution in [3.8, 4) is 0 Å². The molecule has 1 unspecified atom stereocenters. The van der Waals surface area contributed by atoms with E-state index in [1.165, 1.54) is 4.57 Å². The van der Waals surface area contributed by atoms with Crippen LogP contribution >= 0.6 is 0 Å². The fraction of sp³-hybridized carbons (Fsp3) is 0.545. The molecule has 0 spiro atoms. The minimum atomic E-state index is -0.461. The van der Waals surface area contributed by atoms with Gasteiger partial charge in [-0.3, -0.25) is 18.9 Å². The normalized spacial score (nSPS) is 13.0. The van der Waals surface area contributed by atoms with Crippen molar-refractivity contribution in [1.29, 1.82) is 0 Å². The summed E-state index contributed by atoms with van der Waals surface area (Å²) in [4.78, 5) is 34.4. The lowest BCUT2D eigenvalue weighted by molar-refractivity contribution is 0.212. The third-order valence-electron chi connectivity index (χ3n) is 4.79. The van der Waals surface area contributed by atoms with Crippen LogP contribution in [-0.4, -0.2) is 37.8 Å². The summed E-state index contributed by atoms with van der Waals surface area (Å²) in [5.74, 6) is 0.675. The molecule has 1 N–H and O–H groups in total. The van der Waals surface area contributed by atoms with Gasteiger partial charge in [0.1, 0.15) is 5.82 Å². The van der Waals surface area contributed by atoms with Crippen LogP contribution in [-0.2, 0) is 24.8 Å². The highest BCUT2D eigenvalue weighted by atomic mass is 16.5. The minimum Gasteiger partial charge on any atom is -0.478 e. The maximum atomic E-state index is 12.7. The van der Waals surface area contributed by atoms with Crippen molar-refractivity contribution in [3.63, 3.8) is 0 Å². The zero-order chi connectivity index (χ0) is 22.4. The molecule has 0 saturated carbocycles. The van der Waals surface area contributed by atoms with E-state index < -0.39 is 11.2 Å². The van der Waals surface area contributed by atoms with Gasteiger partial charge in [0.25, 0.3) is 5.56 Å². The van der Waals surface area contributed by atoms with Crippen LogP contribution in [0, 0.1) is 19.8 Å². The number of aliphatic imine (C=N–C) groups is 1. The fourth-order valence-corrected chi connectivity index (χ4v) is 3.15. The van der Waals surface area contributed by atoms with Gasteiger partial charge in [-0.05, 0) is 52.2 Å². The van der Waals surface area contributed by atoms with E-state index in [2.05, 4.69) is 9.98 Å². The molecule has 2 aromatic heterocycles. The van der Waals surface area contributed by atoms with Crippen molar-refractivity contribution < 1.29 is 9.84 Å². The van der Waals surface area contributed by atoms with E-state index in [4.69, 9.17) is 9.84 Å². The largest absolute Gasteiger partial charge is 0.478 e. The van der Waals surface area contributed by atoms with Gasteiger partial charge in [-0.15, -0.1) is 0 Å². The Morgan fingerprint density at radius 2 is 1.93 bits per heavy atom. The molecule has 0 radical (unpaired) electrons. The second kappa shape index (κ2) is 10.3. The molecule has 1 atom stereocenters. The van der Waals surface area contributed by atoms with Crippen LogP contribution < -0.4 is 11.2 Å². The highest BCUT2D eigenvalue weighted by Gasteiger charge is 2.19. The second-order valence-electron chi connectivity index (χ2n) is 7.85. The molecule has 164 valence electrons. The first-order valence-corrected chi connectivity index (χ1v) is 10.2. The van der Waals surface area contributed by atoms with Crippen LogP contribution in [0.4, 0.5) is 5.82 Å². The van der Waals surface area contributed by atoms with Crippen LogP contribution in [0.2, 0.25) is 0 Å². The van der Waals surface area contributed by atoms with Gasteiger partial charge in [0.05, 0.1) is 11.7 Å². The highest BCUT2D eigenvalue weighted by molar-refractivity contribution is 5.81. The lowest BCUT2D eigenvalue weighted by atomic mass is 10.0. The number of rotatable bonds is 8. The molecule has 0 aromatic carbocycles. The number of aromatic nitrogens is 3. The summed E-state index contributed by atoms with van der Waals surface area (Å²) in [5, 5.41) is 9.04. The Balaban J connectivity index is 2.49. The van der Waals surface area contributed by atoms with E-state index in [-0.39, 0.29) is 31.0 Å². The van der Waals surface area contributed by atoms with Gasteiger partial charge >= 0.3 is 5.69 Å². The molecule has 30 heavy (non-hydrogen) atoms. The summed E-state index contributed by atoms with van der Waals surface area (Å²) in [6.07, 6.45) is 2.73. The van der Waals surface area contributed by atoms with Crippen LogP contribution in [0.1, 0.15) is 44.0 Å². The average Bonchev–Trinajstić information content (AvgIpc) is 2.70. The lowest BCUT2D eigenvalue weighted by Gasteiger charge is -2.20. The molecule has 0 saturated heterocycles. The predicted octanol–water partition coefficient (Wildman–Crippen LogP) is 2.28. The Morgan fingerprint density at radius 3 is 2.50 bits per heavy atom. The van der Waals surface area contributed by atoms with E-state index in [1.807, 2.05) is 46.0 Å². The summed E-state index contributed by atoms with van der Waals surface area (Å²) in [7, 11) is 1.59. The smallest absolute Gasteiger partial charge is 0.332 e. The molecule has 2 rings (SSSR count). The third-order valence-corrected chi connectivity index (χ3v) is 4.79. The third kappa shape index (κ3) is 5.66. The fourth-order valence-electron chi connectivity index (χ4n) is 3.15. The van der Waals surface area contributed by atoms with Gasteiger partial charge in [-0.2, -0.15) is 4.99 Å². The van der Waals surface area contributed by atoms with Gasteiger partial charge in [-0.1, -0.05) is 13.0 Å². The summed E-state index contributed by atoms with van der Waals surface area (Å²) >= 11 is 0. The molecule has 2 aromatic rings.